The SMILES string of the molecule is C[C@@H](OC(=O)c1cc(Cl)cc(Cl)c1N)C(=O)N(C)[C@@H]1CCS(=O)(=O)C1. The Kier molecular flexibility index (Phi) is 5.86. The number of ether oxygens (including phenoxy) is 1. The van der Waals surface area contributed by atoms with E-state index in [4.69, 9.17) is 33.7 Å². The molecule has 1 fully saturated rings. The molecule has 0 saturated carbocycles. The van der Waals surface area contributed by atoms with Gasteiger partial charge in [-0.15, -0.1) is 0 Å². The van der Waals surface area contributed by atoms with Crippen molar-refractivity contribution < 1.29 is 22.7 Å². The van der Waals surface area contributed by atoms with Gasteiger partial charge in [0.25, 0.3) is 5.91 Å². The van der Waals surface area contributed by atoms with Gasteiger partial charge in [0, 0.05) is 18.1 Å². The Morgan fingerprint density at radius 1 is 1.36 bits per heavy atom. The van der Waals surface area contributed by atoms with Gasteiger partial charge < -0.3 is 15.4 Å². The van der Waals surface area contributed by atoms with Crippen molar-refractivity contribution in [3.63, 3.8) is 0 Å². The molecular formula is C15H18Cl2N2O5S. The third-order valence-corrected chi connectivity index (χ3v) is 6.33. The molecule has 1 aromatic carbocycles. The lowest BCUT2D eigenvalue weighted by Gasteiger charge is -2.26. The minimum Gasteiger partial charge on any atom is -0.449 e. The number of nitrogen functional groups attached to an aromatic ring is 1. The molecule has 0 spiro atoms. The number of halogens is 2. The molecule has 7 nitrogen and oxygen atoms in total. The molecule has 0 radical (unpaired) electrons. The third kappa shape index (κ3) is 4.56. The highest BCUT2D eigenvalue weighted by atomic mass is 35.5. The van der Waals surface area contributed by atoms with Gasteiger partial charge in [0.2, 0.25) is 0 Å². The zero-order valence-electron chi connectivity index (χ0n) is 13.7. The number of nitrogens with two attached hydrogens (primary N) is 1. The van der Waals surface area contributed by atoms with E-state index < -0.39 is 33.9 Å². The Hall–Kier alpha value is -1.51. The van der Waals surface area contributed by atoms with E-state index >= 15 is 0 Å². The van der Waals surface area contributed by atoms with E-state index in [0.717, 1.165) is 0 Å². The third-order valence-electron chi connectivity index (χ3n) is 4.05. The lowest BCUT2D eigenvalue weighted by Crippen LogP contribution is -2.44. The molecule has 0 aliphatic carbocycles. The number of benzene rings is 1. The summed E-state index contributed by atoms with van der Waals surface area (Å²) in [7, 11) is -1.64. The van der Waals surface area contributed by atoms with Crippen LogP contribution >= 0.6 is 23.2 Å². The van der Waals surface area contributed by atoms with Crippen LogP contribution in [-0.2, 0) is 19.4 Å². The summed E-state index contributed by atoms with van der Waals surface area (Å²) in [6, 6.07) is 2.26. The topological polar surface area (TPSA) is 107 Å². The van der Waals surface area contributed by atoms with Crippen molar-refractivity contribution in [2.75, 3.05) is 24.3 Å². The molecule has 25 heavy (non-hydrogen) atoms. The normalized spacial score (nSPS) is 20.1. The van der Waals surface area contributed by atoms with E-state index in [1.54, 1.807) is 0 Å². The largest absolute Gasteiger partial charge is 0.449 e. The van der Waals surface area contributed by atoms with Gasteiger partial charge in [0.15, 0.2) is 15.9 Å². The molecule has 0 bridgehead atoms. The summed E-state index contributed by atoms with van der Waals surface area (Å²) >= 11 is 11.7. The van der Waals surface area contributed by atoms with E-state index in [2.05, 4.69) is 0 Å². The predicted octanol–water partition coefficient (Wildman–Crippen LogP) is 1.77. The number of carbonyl (C=O) groups is 2. The van der Waals surface area contributed by atoms with Crippen molar-refractivity contribution in [1.29, 1.82) is 0 Å². The number of anilines is 1. The molecule has 1 aromatic rings. The fourth-order valence-electron chi connectivity index (χ4n) is 2.58. The van der Waals surface area contributed by atoms with Gasteiger partial charge in [-0.05, 0) is 25.5 Å². The summed E-state index contributed by atoms with van der Waals surface area (Å²) in [5, 5.41) is 0.310. The van der Waals surface area contributed by atoms with E-state index in [1.807, 2.05) is 0 Å². The second-order valence-corrected chi connectivity index (χ2v) is 8.97. The lowest BCUT2D eigenvalue weighted by atomic mass is 10.2. The molecule has 1 amide bonds. The number of rotatable bonds is 4. The first-order valence-electron chi connectivity index (χ1n) is 7.44. The maximum absolute atomic E-state index is 12.4. The number of sulfone groups is 1. The first-order chi connectivity index (χ1) is 11.5. The van der Waals surface area contributed by atoms with E-state index in [-0.39, 0.29) is 32.8 Å². The quantitative estimate of drug-likeness (QED) is 0.600. The Morgan fingerprint density at radius 3 is 2.56 bits per heavy atom. The smallest absolute Gasteiger partial charge is 0.341 e. The summed E-state index contributed by atoms with van der Waals surface area (Å²) < 4.78 is 28.2. The number of nitrogens with zero attached hydrogens (tertiary/aromatic N) is 1. The highest BCUT2D eigenvalue weighted by Crippen LogP contribution is 2.28. The lowest BCUT2D eigenvalue weighted by molar-refractivity contribution is -0.140. The van der Waals surface area contributed by atoms with Crippen LogP contribution in [-0.4, -0.2) is 55.9 Å². The number of likely N-dealkylation sites (N-methyl/N-ethyl adjacent to an activating group) is 1. The zero-order chi connectivity index (χ0) is 18.9. The number of hydrogen-bond donors (Lipinski definition) is 1. The van der Waals surface area contributed by atoms with Gasteiger partial charge in [0.05, 0.1) is 27.8 Å². The molecule has 0 unspecified atom stereocenters. The Bertz CT molecular complexity index is 812. The monoisotopic (exact) mass is 408 g/mol. The van der Waals surface area contributed by atoms with Crippen LogP contribution in [0.4, 0.5) is 5.69 Å². The highest BCUT2D eigenvalue weighted by molar-refractivity contribution is 7.91. The summed E-state index contributed by atoms with van der Waals surface area (Å²) in [6.07, 6.45) is -0.750. The summed E-state index contributed by atoms with van der Waals surface area (Å²) in [6.45, 7) is 1.41. The molecule has 1 aliphatic rings. The summed E-state index contributed by atoms with van der Waals surface area (Å²) in [5.74, 6) is -1.38. The summed E-state index contributed by atoms with van der Waals surface area (Å²) in [4.78, 5) is 25.9. The van der Waals surface area contributed by atoms with Crippen LogP contribution in [0.3, 0.4) is 0 Å². The fourth-order valence-corrected chi connectivity index (χ4v) is 4.84. The van der Waals surface area contributed by atoms with Gasteiger partial charge in [-0.3, -0.25) is 4.79 Å². The molecule has 10 heteroatoms. The van der Waals surface area contributed by atoms with E-state index in [1.165, 1.54) is 31.0 Å². The maximum Gasteiger partial charge on any atom is 0.341 e. The van der Waals surface area contributed by atoms with Crippen LogP contribution in [0.2, 0.25) is 10.0 Å². The Morgan fingerprint density at radius 2 is 2.00 bits per heavy atom. The van der Waals surface area contributed by atoms with Crippen molar-refractivity contribution in [1.82, 2.24) is 4.90 Å². The number of amides is 1. The van der Waals surface area contributed by atoms with Gasteiger partial charge >= 0.3 is 5.97 Å². The van der Waals surface area contributed by atoms with Gasteiger partial charge in [-0.25, -0.2) is 13.2 Å². The molecule has 1 aliphatic heterocycles. The summed E-state index contributed by atoms with van der Waals surface area (Å²) in [5.41, 5.74) is 5.71. The fraction of sp³-hybridized carbons (Fsp3) is 0.467. The molecule has 2 N–H and O–H groups in total. The minimum absolute atomic E-state index is 0.00552. The predicted molar refractivity (Wildman–Crippen MR) is 95.6 cm³/mol. The Labute approximate surface area is 155 Å². The second-order valence-electron chi connectivity index (χ2n) is 5.90. The number of carbonyl (C=O) groups excluding carboxylic acids is 2. The van der Waals surface area contributed by atoms with Crippen molar-refractivity contribution in [2.45, 2.75) is 25.5 Å². The van der Waals surface area contributed by atoms with Crippen LogP contribution in [0.1, 0.15) is 23.7 Å². The molecule has 1 saturated heterocycles. The average Bonchev–Trinajstić information content (AvgIpc) is 2.89. The molecular weight excluding hydrogens is 391 g/mol. The standard InChI is InChI=1S/C15H18Cl2N2O5S/c1-8(14(20)19(2)10-3-4-25(22,23)7-10)24-15(21)11-5-9(16)6-12(17)13(11)18/h5-6,8,10H,3-4,7,18H2,1-2H3/t8-,10-/m1/s1. The van der Waals surface area contributed by atoms with Crippen LogP contribution in [0.25, 0.3) is 0 Å². The van der Waals surface area contributed by atoms with E-state index in [9.17, 15) is 18.0 Å². The number of esters is 1. The van der Waals surface area contributed by atoms with Gasteiger partial charge in [-0.2, -0.15) is 0 Å². The van der Waals surface area contributed by atoms with Gasteiger partial charge in [0.1, 0.15) is 0 Å². The van der Waals surface area contributed by atoms with Crippen LogP contribution in [0.15, 0.2) is 12.1 Å². The van der Waals surface area contributed by atoms with E-state index in [0.29, 0.717) is 6.42 Å². The average molecular weight is 409 g/mol. The van der Waals surface area contributed by atoms with Crippen molar-refractivity contribution >= 4 is 50.6 Å². The van der Waals surface area contributed by atoms with Crippen LogP contribution < -0.4 is 5.73 Å². The van der Waals surface area contributed by atoms with Crippen LogP contribution in [0.5, 0.6) is 0 Å². The maximum atomic E-state index is 12.4. The van der Waals surface area contributed by atoms with Crippen molar-refractivity contribution in [2.24, 2.45) is 0 Å². The second kappa shape index (κ2) is 7.39. The first kappa shape index (κ1) is 19.8. The van der Waals surface area contributed by atoms with Crippen molar-refractivity contribution in [3.05, 3.63) is 27.7 Å². The Balaban J connectivity index is 2.07. The molecule has 0 aromatic heterocycles. The molecule has 138 valence electrons. The van der Waals surface area contributed by atoms with Crippen molar-refractivity contribution in [3.8, 4) is 0 Å². The zero-order valence-corrected chi connectivity index (χ0v) is 16.0. The number of hydrogen-bond acceptors (Lipinski definition) is 6. The minimum atomic E-state index is -3.13. The van der Waals surface area contributed by atoms with Gasteiger partial charge in [-0.1, -0.05) is 23.2 Å². The molecule has 1 heterocycles. The molecule has 2 atom stereocenters. The first-order valence-corrected chi connectivity index (χ1v) is 10.0. The molecule has 2 rings (SSSR count). The highest BCUT2D eigenvalue weighted by Gasteiger charge is 2.35. The van der Waals surface area contributed by atoms with Crippen LogP contribution in [0, 0.1) is 0 Å².